The van der Waals surface area contributed by atoms with E-state index in [1.165, 1.54) is 11.8 Å². The Labute approximate surface area is 377 Å². The Kier molecular flexibility index (Phi) is 23.1. The minimum absolute atomic E-state index is 0.00230. The molecule has 0 radical (unpaired) electrons. The molecular weight excluding hydrogens is 876 g/mol. The quantitative estimate of drug-likeness (QED) is 0.0371. The van der Waals surface area contributed by atoms with Gasteiger partial charge in [-0.1, -0.05) is 30.3 Å². The van der Waals surface area contributed by atoms with Gasteiger partial charge in [-0.3, -0.25) is 52.7 Å². The summed E-state index contributed by atoms with van der Waals surface area (Å²) in [7, 11) is 0. The van der Waals surface area contributed by atoms with Crippen LogP contribution < -0.4 is 59.7 Å². The molecule has 0 unspecified atom stereocenters. The molecule has 17 N–H and O–H groups in total. The van der Waals surface area contributed by atoms with Gasteiger partial charge in [0.1, 0.15) is 42.3 Å². The highest BCUT2D eigenvalue weighted by Gasteiger charge is 2.36. The summed E-state index contributed by atoms with van der Waals surface area (Å²) in [4.78, 5) is 152. The number of aliphatic hydroxyl groups excluding tert-OH is 2. The van der Waals surface area contributed by atoms with Crippen molar-refractivity contribution in [2.45, 2.75) is 94.2 Å². The first-order valence-electron chi connectivity index (χ1n) is 20.6. The van der Waals surface area contributed by atoms with Crippen molar-refractivity contribution in [2.75, 3.05) is 39.4 Å². The molecule has 1 saturated heterocycles. The zero-order chi connectivity index (χ0) is 49.5. The molecule has 7 atom stereocenters. The van der Waals surface area contributed by atoms with Gasteiger partial charge in [0.05, 0.1) is 32.8 Å². The van der Waals surface area contributed by atoms with Crippen molar-refractivity contribution in [3.05, 3.63) is 35.9 Å². The molecule has 1 aliphatic heterocycles. The van der Waals surface area contributed by atoms with Gasteiger partial charge in [0, 0.05) is 25.8 Å². The van der Waals surface area contributed by atoms with Crippen molar-refractivity contribution < 1.29 is 72.9 Å². The topological polar surface area (TPSA) is 443 Å². The Bertz CT molecular complexity index is 1940. The van der Waals surface area contributed by atoms with Crippen LogP contribution in [0.3, 0.4) is 0 Å². The Morgan fingerprint density at radius 1 is 0.652 bits per heavy atom. The van der Waals surface area contributed by atoms with Crippen LogP contribution in [0.25, 0.3) is 0 Å². The summed E-state index contributed by atoms with van der Waals surface area (Å²) in [6.07, 6.45) is -1.03. The van der Waals surface area contributed by atoms with Gasteiger partial charge in [0.25, 0.3) is 0 Å². The SMILES string of the molecule is C[C@H](NC(=O)[C@H](CCC(N)=O)NC(=O)[C@H](CO)NC(=O)[C@H](CO)NC(=O)CN)C(=O)N[C@@H](CCC(N)=O)C(=O)NCC(=O)NCC(=O)N1CCC[C@H]1C(=O)N[C@@H](Cc1ccccc1)C(=O)O. The van der Waals surface area contributed by atoms with E-state index in [0.717, 1.165) is 0 Å². The third-order valence-electron chi connectivity index (χ3n) is 9.85. The molecule has 11 amide bonds. The molecule has 1 aromatic rings. The lowest BCUT2D eigenvalue weighted by Gasteiger charge is -2.26. The molecule has 1 heterocycles. The van der Waals surface area contributed by atoms with E-state index in [1.807, 2.05) is 0 Å². The summed E-state index contributed by atoms with van der Waals surface area (Å²) in [5.41, 5.74) is 16.3. The highest BCUT2D eigenvalue weighted by Crippen LogP contribution is 2.18. The zero-order valence-electron chi connectivity index (χ0n) is 36.0. The second kappa shape index (κ2) is 27.8. The highest BCUT2D eigenvalue weighted by atomic mass is 16.4. The number of nitrogens with zero attached hydrogens (tertiary/aromatic N) is 1. The number of rotatable bonds is 28. The monoisotopic (exact) mass is 934 g/mol. The van der Waals surface area contributed by atoms with Crippen LogP contribution in [0, 0.1) is 0 Å². The number of amides is 11. The van der Waals surface area contributed by atoms with E-state index >= 15 is 0 Å². The number of likely N-dealkylation sites (tertiary alicyclic amines) is 1. The Morgan fingerprint density at radius 2 is 1.18 bits per heavy atom. The molecular formula is C39H58N12O15. The predicted molar refractivity (Wildman–Crippen MR) is 226 cm³/mol. The maximum Gasteiger partial charge on any atom is 0.326 e. The first kappa shape index (κ1) is 54.9. The molecule has 1 aliphatic rings. The number of nitrogens with two attached hydrogens (primary N) is 3. The average Bonchev–Trinajstić information content (AvgIpc) is 3.78. The van der Waals surface area contributed by atoms with Crippen molar-refractivity contribution in [2.24, 2.45) is 17.2 Å². The van der Waals surface area contributed by atoms with Crippen LogP contribution in [-0.4, -0.2) is 173 Å². The number of hydrogen-bond donors (Lipinski definition) is 14. The molecule has 0 bridgehead atoms. The molecule has 2 rings (SSSR count). The Balaban J connectivity index is 2.01. The fraction of sp³-hybridized carbons (Fsp3) is 0.538. The van der Waals surface area contributed by atoms with E-state index in [9.17, 15) is 72.9 Å². The summed E-state index contributed by atoms with van der Waals surface area (Å²) >= 11 is 0. The molecule has 0 aliphatic carbocycles. The largest absolute Gasteiger partial charge is 0.480 e. The van der Waals surface area contributed by atoms with E-state index in [0.29, 0.717) is 12.0 Å². The third kappa shape index (κ3) is 18.8. The fourth-order valence-electron chi connectivity index (χ4n) is 6.26. The average molecular weight is 935 g/mol. The lowest BCUT2D eigenvalue weighted by molar-refractivity contribution is -0.144. The predicted octanol–water partition coefficient (Wildman–Crippen LogP) is -8.06. The van der Waals surface area contributed by atoms with Crippen LogP contribution in [0.5, 0.6) is 0 Å². The maximum atomic E-state index is 13.3. The van der Waals surface area contributed by atoms with Gasteiger partial charge in [0.2, 0.25) is 65.0 Å². The van der Waals surface area contributed by atoms with Gasteiger partial charge in [-0.2, -0.15) is 0 Å². The Morgan fingerprint density at radius 3 is 1.73 bits per heavy atom. The van der Waals surface area contributed by atoms with Gasteiger partial charge in [0.15, 0.2) is 0 Å². The number of aliphatic carboxylic acids is 1. The molecule has 27 nitrogen and oxygen atoms in total. The third-order valence-corrected chi connectivity index (χ3v) is 9.85. The standard InChI is InChI=1S/C39H58N12O15/c1-20(45-35(61)23(10-12-29(42)55)48-37(63)26(19-53)50-36(62)25(18-52)46-30(56)15-40)33(59)47-22(9-11-28(41)54)34(60)44-16-31(57)43-17-32(58)51-13-5-8-27(51)38(64)49-24(39(65)66)14-21-6-3-2-4-7-21/h2-4,6-7,20,22-27,52-53H,5,8-19,40H2,1H3,(H2,41,54)(H2,42,55)(H,43,57)(H,44,60)(H,45,61)(H,46,56)(H,47,59)(H,48,63)(H,49,64)(H,50,62)(H,65,66)/t20-,22-,23-,24-,25-,26-,27-/m0/s1. The number of carbonyl (C=O) groups excluding carboxylic acids is 11. The minimum Gasteiger partial charge on any atom is -0.480 e. The summed E-state index contributed by atoms with van der Waals surface area (Å²) < 4.78 is 0. The van der Waals surface area contributed by atoms with Gasteiger partial charge in [-0.25, -0.2) is 4.79 Å². The number of carboxylic acids is 1. The van der Waals surface area contributed by atoms with E-state index < -0.39 is 165 Å². The Hall–Kier alpha value is -7.26. The second-order valence-corrected chi connectivity index (χ2v) is 14.9. The van der Waals surface area contributed by atoms with E-state index in [-0.39, 0.29) is 25.8 Å². The van der Waals surface area contributed by atoms with Crippen LogP contribution in [0.4, 0.5) is 0 Å². The molecule has 364 valence electrons. The van der Waals surface area contributed by atoms with Crippen LogP contribution in [0.2, 0.25) is 0 Å². The minimum atomic E-state index is -1.75. The smallest absolute Gasteiger partial charge is 0.326 e. The van der Waals surface area contributed by atoms with Gasteiger partial charge < -0.3 is 80.0 Å². The van der Waals surface area contributed by atoms with Gasteiger partial charge in [-0.05, 0) is 38.2 Å². The van der Waals surface area contributed by atoms with Crippen molar-refractivity contribution in [3.8, 4) is 0 Å². The summed E-state index contributed by atoms with van der Waals surface area (Å²) in [6.45, 7) is -2.49. The van der Waals surface area contributed by atoms with Gasteiger partial charge >= 0.3 is 5.97 Å². The molecule has 0 saturated carbocycles. The number of hydrogen-bond acceptors (Lipinski definition) is 15. The molecule has 1 aromatic carbocycles. The molecule has 1 fully saturated rings. The normalized spacial score (nSPS) is 15.8. The van der Waals surface area contributed by atoms with Crippen molar-refractivity contribution in [1.29, 1.82) is 0 Å². The van der Waals surface area contributed by atoms with Crippen LogP contribution in [0.1, 0.15) is 51.0 Å². The molecule has 27 heteroatoms. The molecule has 0 aromatic heterocycles. The number of carboxylic acid groups (broad SMARTS) is 1. The lowest BCUT2D eigenvalue weighted by Crippen LogP contribution is -2.60. The van der Waals surface area contributed by atoms with Crippen molar-refractivity contribution >= 4 is 70.9 Å². The summed E-state index contributed by atoms with van der Waals surface area (Å²) in [5.74, 6) is -11.4. The molecule has 0 spiro atoms. The van der Waals surface area contributed by atoms with Crippen LogP contribution in [-0.2, 0) is 64.0 Å². The fourth-order valence-corrected chi connectivity index (χ4v) is 6.26. The zero-order valence-corrected chi connectivity index (χ0v) is 36.0. The van der Waals surface area contributed by atoms with Crippen molar-refractivity contribution in [3.63, 3.8) is 0 Å². The second-order valence-electron chi connectivity index (χ2n) is 14.9. The van der Waals surface area contributed by atoms with Crippen LogP contribution in [0.15, 0.2) is 30.3 Å². The summed E-state index contributed by atoms with van der Waals surface area (Å²) in [6, 6.07) is -1.59. The van der Waals surface area contributed by atoms with E-state index in [4.69, 9.17) is 17.2 Å². The summed E-state index contributed by atoms with van der Waals surface area (Å²) in [5, 5.41) is 46.9. The molecule has 66 heavy (non-hydrogen) atoms. The number of nitrogens with one attached hydrogen (secondary N) is 8. The number of benzene rings is 1. The first-order chi connectivity index (χ1) is 31.2. The highest BCUT2D eigenvalue weighted by molar-refractivity contribution is 5.98. The van der Waals surface area contributed by atoms with Crippen molar-refractivity contribution in [1.82, 2.24) is 47.4 Å². The number of primary amides is 2. The van der Waals surface area contributed by atoms with E-state index in [2.05, 4.69) is 42.5 Å². The number of carbonyl (C=O) groups is 12. The lowest BCUT2D eigenvalue weighted by atomic mass is 10.1. The van der Waals surface area contributed by atoms with E-state index in [1.54, 1.807) is 30.3 Å². The van der Waals surface area contributed by atoms with Gasteiger partial charge in [-0.15, -0.1) is 0 Å². The maximum absolute atomic E-state index is 13.3. The number of aliphatic hydroxyl groups is 2. The first-order valence-corrected chi connectivity index (χ1v) is 20.6. The van der Waals surface area contributed by atoms with Crippen LogP contribution >= 0.6 is 0 Å².